The molecule has 0 fully saturated rings. The van der Waals surface area contributed by atoms with Gasteiger partial charge in [0.2, 0.25) is 0 Å². The molecule has 0 spiro atoms. The van der Waals surface area contributed by atoms with Crippen molar-refractivity contribution in [2.75, 3.05) is 0 Å². The van der Waals surface area contributed by atoms with Gasteiger partial charge in [0.25, 0.3) is 15.7 Å². The molecule has 0 radical (unpaired) electrons. The number of aryl methyl sites for hydroxylation is 3. The van der Waals surface area contributed by atoms with Crippen molar-refractivity contribution in [3.05, 3.63) is 51.6 Å². The van der Waals surface area contributed by atoms with Gasteiger partial charge in [0.05, 0.1) is 15.5 Å². The van der Waals surface area contributed by atoms with Gasteiger partial charge < -0.3 is 0 Å². The van der Waals surface area contributed by atoms with Crippen molar-refractivity contribution in [3.8, 4) is 0 Å². The van der Waals surface area contributed by atoms with Crippen molar-refractivity contribution in [2.24, 2.45) is 0 Å². The van der Waals surface area contributed by atoms with E-state index in [-0.39, 0.29) is 10.6 Å². The Hall–Kier alpha value is -2.22. The molecule has 0 atom stereocenters. The highest BCUT2D eigenvalue weighted by Gasteiger charge is 2.24. The average Bonchev–Trinajstić information content (AvgIpc) is 2.80. The second kappa shape index (κ2) is 5.28. The summed E-state index contributed by atoms with van der Waals surface area (Å²) in [5, 5.41) is 10.8. The summed E-state index contributed by atoms with van der Waals surface area (Å²) < 4.78 is 26.5. The highest BCUT2D eigenvalue weighted by molar-refractivity contribution is 7.90. The van der Waals surface area contributed by atoms with Gasteiger partial charge in [-0.2, -0.15) is 0 Å². The van der Waals surface area contributed by atoms with Crippen LogP contribution in [0.15, 0.2) is 29.3 Å². The van der Waals surface area contributed by atoms with Gasteiger partial charge in [-0.05, 0) is 19.4 Å². The first-order valence-electron chi connectivity index (χ1n) is 6.33. The highest BCUT2D eigenvalue weighted by Crippen LogP contribution is 2.25. The Morgan fingerprint density at radius 3 is 2.57 bits per heavy atom. The van der Waals surface area contributed by atoms with E-state index in [1.807, 2.05) is 0 Å². The highest BCUT2D eigenvalue weighted by atomic mass is 32.2. The summed E-state index contributed by atoms with van der Waals surface area (Å²) in [5.41, 5.74) is 0.779. The molecule has 0 saturated carbocycles. The summed E-state index contributed by atoms with van der Waals surface area (Å²) in [6.45, 7) is 5.10. The van der Waals surface area contributed by atoms with Crippen molar-refractivity contribution in [2.45, 2.75) is 32.1 Å². The maximum absolute atomic E-state index is 12.7. The number of aromatic nitrogens is 2. The molecule has 2 rings (SSSR count). The second-order valence-electron chi connectivity index (χ2n) is 4.66. The number of nitro benzene ring substituents is 1. The first kappa shape index (κ1) is 15.2. The predicted molar refractivity (Wildman–Crippen MR) is 76.8 cm³/mol. The van der Waals surface area contributed by atoms with Crippen molar-refractivity contribution >= 4 is 15.7 Å². The lowest BCUT2D eigenvalue weighted by atomic mass is 10.2. The normalized spacial score (nSPS) is 11.6. The van der Waals surface area contributed by atoms with Gasteiger partial charge >= 0.3 is 0 Å². The van der Waals surface area contributed by atoms with Crippen LogP contribution in [0.5, 0.6) is 0 Å². The monoisotopic (exact) mass is 309 g/mol. The zero-order chi connectivity index (χ0) is 15.8. The Kier molecular flexibility index (Phi) is 3.82. The lowest BCUT2D eigenvalue weighted by molar-refractivity contribution is -0.385. The number of nitro groups is 1. The Labute approximate surface area is 122 Å². The number of imidazole rings is 1. The number of benzene rings is 1. The quantitative estimate of drug-likeness (QED) is 0.637. The van der Waals surface area contributed by atoms with E-state index in [0.717, 1.165) is 10.0 Å². The Balaban J connectivity index is 2.69. The van der Waals surface area contributed by atoms with Crippen molar-refractivity contribution in [3.63, 3.8) is 0 Å². The van der Waals surface area contributed by atoms with E-state index in [0.29, 0.717) is 23.5 Å². The fraction of sp³-hybridized carbons (Fsp3) is 0.308. The molecule has 112 valence electrons. The first-order chi connectivity index (χ1) is 9.77. The van der Waals surface area contributed by atoms with Gasteiger partial charge in [0.15, 0.2) is 0 Å². The van der Waals surface area contributed by atoms with Gasteiger partial charge in [-0.25, -0.2) is 17.4 Å². The summed E-state index contributed by atoms with van der Waals surface area (Å²) in [5.74, 6) is 0.401. The molecule has 7 nitrogen and oxygen atoms in total. The summed E-state index contributed by atoms with van der Waals surface area (Å²) in [6, 6.07) is 3.80. The van der Waals surface area contributed by atoms with Crippen molar-refractivity contribution < 1.29 is 13.3 Å². The van der Waals surface area contributed by atoms with Gasteiger partial charge in [0, 0.05) is 24.8 Å². The third-order valence-electron chi connectivity index (χ3n) is 3.10. The molecule has 0 bridgehead atoms. The molecule has 1 aromatic heterocycles. The molecule has 1 aromatic carbocycles. The molecular weight excluding hydrogens is 294 g/mol. The van der Waals surface area contributed by atoms with Crippen LogP contribution < -0.4 is 0 Å². The molecule has 2 aromatic rings. The minimum absolute atomic E-state index is 0.0798. The molecule has 0 N–H and O–H groups in total. The first-order valence-corrected chi connectivity index (χ1v) is 7.77. The molecule has 21 heavy (non-hydrogen) atoms. The third kappa shape index (κ3) is 2.66. The Morgan fingerprint density at radius 1 is 1.33 bits per heavy atom. The smallest absolute Gasteiger partial charge is 0.258 e. The zero-order valence-electron chi connectivity index (χ0n) is 11.9. The van der Waals surface area contributed by atoms with Gasteiger partial charge in [0.1, 0.15) is 5.82 Å². The molecule has 0 amide bonds. The van der Waals surface area contributed by atoms with Crippen LogP contribution in [0, 0.1) is 24.0 Å². The van der Waals surface area contributed by atoms with E-state index in [2.05, 4.69) is 4.98 Å². The van der Waals surface area contributed by atoms with Crippen LogP contribution >= 0.6 is 0 Å². The second-order valence-corrected chi connectivity index (χ2v) is 6.44. The van der Waals surface area contributed by atoms with Crippen molar-refractivity contribution in [1.82, 2.24) is 8.96 Å². The zero-order valence-corrected chi connectivity index (χ0v) is 12.7. The van der Waals surface area contributed by atoms with Crippen LogP contribution in [0.3, 0.4) is 0 Å². The van der Waals surface area contributed by atoms with Crippen LogP contribution in [0.4, 0.5) is 5.69 Å². The van der Waals surface area contributed by atoms with Gasteiger partial charge in [-0.1, -0.05) is 13.0 Å². The van der Waals surface area contributed by atoms with Crippen LogP contribution in [-0.2, 0) is 16.4 Å². The lowest BCUT2D eigenvalue weighted by Crippen LogP contribution is -2.16. The lowest BCUT2D eigenvalue weighted by Gasteiger charge is -2.10. The van der Waals surface area contributed by atoms with Crippen LogP contribution in [-0.4, -0.2) is 22.3 Å². The summed E-state index contributed by atoms with van der Waals surface area (Å²) in [6.07, 6.45) is 1.87. The minimum atomic E-state index is -3.90. The molecular formula is C13H15N3O4S. The van der Waals surface area contributed by atoms with Crippen molar-refractivity contribution in [1.29, 1.82) is 0 Å². The Bertz CT molecular complexity index is 809. The van der Waals surface area contributed by atoms with Gasteiger partial charge in [-0.3, -0.25) is 10.1 Å². The summed E-state index contributed by atoms with van der Waals surface area (Å²) >= 11 is 0. The number of rotatable bonds is 4. The standard InChI is InChI=1S/C13H15N3O4S/c1-4-13-14-10(3)8-15(13)21(19,20)12-7-11(16(17)18)6-5-9(12)2/h5-8H,4H2,1-3H3. The summed E-state index contributed by atoms with van der Waals surface area (Å²) in [4.78, 5) is 14.3. The van der Waals surface area contributed by atoms with Gasteiger partial charge in [-0.15, -0.1) is 0 Å². The number of nitrogens with zero attached hydrogens (tertiary/aromatic N) is 3. The number of non-ortho nitro benzene ring substituents is 1. The van der Waals surface area contributed by atoms with E-state index >= 15 is 0 Å². The molecule has 0 aliphatic rings. The minimum Gasteiger partial charge on any atom is -0.258 e. The predicted octanol–water partition coefficient (Wildman–Crippen LogP) is 2.21. The maximum Gasteiger partial charge on any atom is 0.270 e. The van der Waals surface area contributed by atoms with Crippen LogP contribution in [0.1, 0.15) is 24.0 Å². The van der Waals surface area contributed by atoms with Crippen LogP contribution in [0.2, 0.25) is 0 Å². The maximum atomic E-state index is 12.7. The molecule has 0 saturated heterocycles. The Morgan fingerprint density at radius 2 is 2.00 bits per heavy atom. The molecule has 0 aliphatic heterocycles. The summed E-state index contributed by atoms with van der Waals surface area (Å²) in [7, 11) is -3.90. The average molecular weight is 309 g/mol. The SMILES string of the molecule is CCc1nc(C)cn1S(=O)(=O)c1cc([N+](=O)[O-])ccc1C. The molecule has 1 heterocycles. The molecule has 0 aliphatic carbocycles. The van der Waals surface area contributed by atoms with E-state index in [1.54, 1.807) is 20.8 Å². The number of hydrogen-bond donors (Lipinski definition) is 0. The van der Waals surface area contributed by atoms with E-state index < -0.39 is 14.9 Å². The fourth-order valence-corrected chi connectivity index (χ4v) is 3.75. The largest absolute Gasteiger partial charge is 0.270 e. The van der Waals surface area contributed by atoms with E-state index in [1.165, 1.54) is 18.3 Å². The van der Waals surface area contributed by atoms with E-state index in [4.69, 9.17) is 0 Å². The molecule has 8 heteroatoms. The van der Waals surface area contributed by atoms with Crippen LogP contribution in [0.25, 0.3) is 0 Å². The topological polar surface area (TPSA) is 95.1 Å². The molecule has 0 unspecified atom stereocenters. The fourth-order valence-electron chi connectivity index (χ4n) is 2.06. The number of hydrogen-bond acceptors (Lipinski definition) is 5. The third-order valence-corrected chi connectivity index (χ3v) is 4.93. The van der Waals surface area contributed by atoms with E-state index in [9.17, 15) is 18.5 Å².